The van der Waals surface area contributed by atoms with Crippen LogP contribution in [0.25, 0.3) is 0 Å². The van der Waals surface area contributed by atoms with E-state index in [4.69, 9.17) is 15.2 Å². The Hall–Kier alpha value is -1.95. The van der Waals surface area contributed by atoms with Crippen LogP contribution in [0.5, 0.6) is 11.5 Å². The van der Waals surface area contributed by atoms with Crippen LogP contribution in [-0.2, 0) is 6.54 Å². The fraction of sp³-hybridized carbons (Fsp3) is 0.200. The number of hydrogen-bond acceptors (Lipinski definition) is 4. The van der Waals surface area contributed by atoms with Crippen molar-refractivity contribution in [2.75, 3.05) is 11.1 Å². The normalized spacial score (nSPS) is 19.6. The van der Waals surface area contributed by atoms with Gasteiger partial charge in [0.1, 0.15) is 0 Å². The van der Waals surface area contributed by atoms with E-state index in [2.05, 4.69) is 21.2 Å². The van der Waals surface area contributed by atoms with E-state index < -0.39 is 6.04 Å². The molecule has 6 heteroatoms. The lowest BCUT2D eigenvalue weighted by Gasteiger charge is -2.13. The molecule has 2 aromatic carbocycles. The summed E-state index contributed by atoms with van der Waals surface area (Å²) >= 11 is 3.36. The Balaban J connectivity index is 1.80. The van der Waals surface area contributed by atoms with Crippen molar-refractivity contribution in [2.24, 2.45) is 0 Å². The molecule has 110 valence electrons. The molecule has 1 heterocycles. The number of alkyl halides is 1. The van der Waals surface area contributed by atoms with Crippen LogP contribution in [0.1, 0.15) is 12.5 Å². The van der Waals surface area contributed by atoms with Gasteiger partial charge in [0.25, 0.3) is 0 Å². The van der Waals surface area contributed by atoms with E-state index >= 15 is 0 Å². The molecular formula is C15H14BrFN2O2. The van der Waals surface area contributed by atoms with Crippen molar-refractivity contribution in [1.82, 2.24) is 0 Å². The highest BCUT2D eigenvalue weighted by Crippen LogP contribution is 2.42. The first-order valence-corrected chi connectivity index (χ1v) is 7.22. The molecule has 1 aliphatic heterocycles. The van der Waals surface area contributed by atoms with E-state index in [9.17, 15) is 4.39 Å². The smallest absolute Gasteiger partial charge is 0.404 e. The Morgan fingerprint density at radius 1 is 1.29 bits per heavy atom. The molecule has 1 unspecified atom stereocenters. The van der Waals surface area contributed by atoms with Crippen molar-refractivity contribution in [3.8, 4) is 11.5 Å². The van der Waals surface area contributed by atoms with Gasteiger partial charge in [0.2, 0.25) is 0 Å². The van der Waals surface area contributed by atoms with Crippen LogP contribution in [0.2, 0.25) is 0 Å². The minimum Gasteiger partial charge on any atom is -0.423 e. The Morgan fingerprint density at radius 2 is 2.10 bits per heavy atom. The number of halogens is 2. The van der Waals surface area contributed by atoms with Crippen molar-refractivity contribution < 1.29 is 13.9 Å². The molecular weight excluding hydrogens is 339 g/mol. The van der Waals surface area contributed by atoms with Gasteiger partial charge in [0, 0.05) is 23.5 Å². The average Bonchev–Trinajstić information content (AvgIpc) is 2.72. The van der Waals surface area contributed by atoms with E-state index in [1.165, 1.54) is 6.92 Å². The molecule has 1 atom stereocenters. The second kappa shape index (κ2) is 5.11. The van der Waals surface area contributed by atoms with Crippen LogP contribution in [0, 0.1) is 0 Å². The maximum atomic E-state index is 13.8. The van der Waals surface area contributed by atoms with Gasteiger partial charge in [0.15, 0.2) is 11.5 Å². The third kappa shape index (κ3) is 2.90. The highest BCUT2D eigenvalue weighted by atomic mass is 79.9. The topological polar surface area (TPSA) is 56.5 Å². The number of nitrogens with one attached hydrogen (secondary N) is 1. The van der Waals surface area contributed by atoms with Crippen molar-refractivity contribution >= 4 is 27.3 Å². The number of ether oxygens (including phenoxy) is 2. The van der Waals surface area contributed by atoms with Gasteiger partial charge in [-0.15, -0.1) is 0 Å². The predicted molar refractivity (Wildman–Crippen MR) is 83.1 cm³/mol. The van der Waals surface area contributed by atoms with Gasteiger partial charge < -0.3 is 20.5 Å². The number of anilines is 2. The lowest BCUT2D eigenvalue weighted by Crippen LogP contribution is -2.28. The van der Waals surface area contributed by atoms with Crippen molar-refractivity contribution in [1.29, 1.82) is 0 Å². The first-order valence-electron chi connectivity index (χ1n) is 6.42. The highest BCUT2D eigenvalue weighted by Gasteiger charge is 2.37. The largest absolute Gasteiger partial charge is 0.423 e. The number of benzene rings is 2. The van der Waals surface area contributed by atoms with Crippen molar-refractivity contribution in [3.05, 3.63) is 46.4 Å². The molecule has 2 aromatic rings. The van der Waals surface area contributed by atoms with Crippen molar-refractivity contribution in [2.45, 2.75) is 19.5 Å². The van der Waals surface area contributed by atoms with Crippen molar-refractivity contribution in [3.63, 3.8) is 0 Å². The summed E-state index contributed by atoms with van der Waals surface area (Å²) in [7, 11) is 0. The number of hydrogen-bond donors (Lipinski definition) is 2. The first kappa shape index (κ1) is 14.0. The number of nitrogens with two attached hydrogens (primary N) is 1. The van der Waals surface area contributed by atoms with E-state index in [1.807, 2.05) is 24.3 Å². The molecule has 0 fully saturated rings. The SMILES string of the molecule is CC1(F)Oc2cccc(CNc3ccc(Br)cc3N)c2O1. The lowest BCUT2D eigenvalue weighted by molar-refractivity contribution is -0.173. The molecule has 4 nitrogen and oxygen atoms in total. The molecule has 0 amide bonds. The van der Waals surface area contributed by atoms with E-state index in [-0.39, 0.29) is 0 Å². The fourth-order valence-corrected chi connectivity index (χ4v) is 2.56. The number of nitrogen functional groups attached to an aromatic ring is 1. The molecule has 0 radical (unpaired) electrons. The van der Waals surface area contributed by atoms with Gasteiger partial charge in [-0.1, -0.05) is 28.1 Å². The first-order chi connectivity index (χ1) is 9.94. The molecule has 21 heavy (non-hydrogen) atoms. The summed E-state index contributed by atoms with van der Waals surface area (Å²) in [5, 5.41) is 3.21. The molecule has 0 aromatic heterocycles. The summed E-state index contributed by atoms with van der Waals surface area (Å²) in [5.41, 5.74) is 8.17. The number of para-hydroxylation sites is 1. The second-order valence-electron chi connectivity index (χ2n) is 4.87. The quantitative estimate of drug-likeness (QED) is 0.818. The van der Waals surface area contributed by atoms with Gasteiger partial charge in [-0.2, -0.15) is 4.39 Å². The van der Waals surface area contributed by atoms with E-state index in [0.717, 1.165) is 15.7 Å². The second-order valence-corrected chi connectivity index (χ2v) is 5.78. The average molecular weight is 353 g/mol. The standard InChI is InChI=1S/C15H14BrFN2O2/c1-15(17)20-13-4-2-3-9(14(13)21-15)8-19-12-6-5-10(16)7-11(12)18/h2-7,19H,8,18H2,1H3. The molecule has 3 rings (SSSR count). The van der Waals surface area contributed by atoms with Gasteiger partial charge in [0.05, 0.1) is 11.4 Å². The van der Waals surface area contributed by atoms with Crippen LogP contribution in [0.15, 0.2) is 40.9 Å². The molecule has 0 saturated heterocycles. The Labute approximate surface area is 130 Å². The summed E-state index contributed by atoms with van der Waals surface area (Å²) in [6, 6.07) is 8.80. The summed E-state index contributed by atoms with van der Waals surface area (Å²) < 4.78 is 25.0. The summed E-state index contributed by atoms with van der Waals surface area (Å²) in [6.45, 7) is 1.69. The van der Waals surface area contributed by atoms with E-state index in [1.54, 1.807) is 12.1 Å². The predicted octanol–water partition coefficient (Wildman–Crippen LogP) is 4.06. The van der Waals surface area contributed by atoms with Gasteiger partial charge in [-0.05, 0) is 24.3 Å². The summed E-state index contributed by atoms with van der Waals surface area (Å²) in [4.78, 5) is 0. The Morgan fingerprint density at radius 3 is 2.86 bits per heavy atom. The zero-order chi connectivity index (χ0) is 15.0. The van der Waals surface area contributed by atoms with Crippen LogP contribution in [0.4, 0.5) is 15.8 Å². The minimum atomic E-state index is -2.12. The third-order valence-corrected chi connectivity index (χ3v) is 3.61. The van der Waals surface area contributed by atoms with Gasteiger partial charge in [-0.25, -0.2) is 0 Å². The lowest BCUT2D eigenvalue weighted by atomic mass is 10.1. The van der Waals surface area contributed by atoms with Gasteiger partial charge in [-0.3, -0.25) is 0 Å². The molecule has 3 N–H and O–H groups in total. The molecule has 1 aliphatic rings. The third-order valence-electron chi connectivity index (χ3n) is 3.12. The summed E-state index contributed by atoms with van der Waals surface area (Å²) in [5.74, 6) is 0.828. The van der Waals surface area contributed by atoms with Crippen LogP contribution < -0.4 is 20.5 Å². The van der Waals surface area contributed by atoms with E-state index in [0.29, 0.717) is 23.7 Å². The maximum Gasteiger partial charge on any atom is 0.404 e. The molecule has 0 spiro atoms. The van der Waals surface area contributed by atoms with Crippen LogP contribution in [-0.4, -0.2) is 6.04 Å². The molecule has 0 aliphatic carbocycles. The zero-order valence-corrected chi connectivity index (χ0v) is 12.9. The van der Waals surface area contributed by atoms with Crippen LogP contribution >= 0.6 is 15.9 Å². The monoisotopic (exact) mass is 352 g/mol. The van der Waals surface area contributed by atoms with Gasteiger partial charge >= 0.3 is 6.04 Å². The molecule has 0 saturated carbocycles. The fourth-order valence-electron chi connectivity index (χ4n) is 2.18. The number of rotatable bonds is 3. The highest BCUT2D eigenvalue weighted by molar-refractivity contribution is 9.10. The minimum absolute atomic E-state index is 0.406. The molecule has 0 bridgehead atoms. The number of fused-ring (bicyclic) bond motifs is 1. The summed E-state index contributed by atoms with van der Waals surface area (Å²) in [6.07, 6.45) is 0. The Bertz CT molecular complexity index is 691. The Kier molecular flexibility index (Phi) is 3.41. The van der Waals surface area contributed by atoms with Crippen LogP contribution in [0.3, 0.4) is 0 Å². The maximum absolute atomic E-state index is 13.8. The zero-order valence-electron chi connectivity index (χ0n) is 11.3.